The van der Waals surface area contributed by atoms with Gasteiger partial charge in [0.15, 0.2) is 0 Å². The molecule has 2 aromatic rings. The lowest BCUT2D eigenvalue weighted by molar-refractivity contribution is -0.152. The summed E-state index contributed by atoms with van der Waals surface area (Å²) in [5, 5.41) is 0. The maximum atomic E-state index is 13.7. The van der Waals surface area contributed by atoms with Crippen LogP contribution >= 0.6 is 0 Å². The molecule has 1 saturated carbocycles. The zero-order chi connectivity index (χ0) is 25.3. The Morgan fingerprint density at radius 2 is 1.75 bits per heavy atom. The van der Waals surface area contributed by atoms with Gasteiger partial charge in [-0.2, -0.15) is 0 Å². The predicted molar refractivity (Wildman–Crippen MR) is 139 cm³/mol. The summed E-state index contributed by atoms with van der Waals surface area (Å²) in [6, 6.07) is 15.9. The van der Waals surface area contributed by atoms with Gasteiger partial charge in [0, 0.05) is 17.7 Å². The van der Waals surface area contributed by atoms with E-state index in [2.05, 4.69) is 12.1 Å². The third kappa shape index (κ3) is 6.84. The Balaban J connectivity index is 1.53. The summed E-state index contributed by atoms with van der Waals surface area (Å²) in [5.41, 5.74) is 3.77. The second-order valence-electron chi connectivity index (χ2n) is 9.74. The highest BCUT2D eigenvalue weighted by atomic mass is 16.5. The largest absolute Gasteiger partial charge is 0.466 e. The molecule has 0 bridgehead atoms. The quantitative estimate of drug-likeness (QED) is 0.363. The molecule has 2 aromatic carbocycles. The lowest BCUT2D eigenvalue weighted by Gasteiger charge is -2.30. The number of anilines is 1. The minimum Gasteiger partial charge on any atom is -0.466 e. The second kappa shape index (κ2) is 12.5. The maximum Gasteiger partial charge on any atom is 0.330 e. The minimum absolute atomic E-state index is 0.0320. The van der Waals surface area contributed by atoms with Crippen LogP contribution in [-0.2, 0) is 36.8 Å². The maximum absolute atomic E-state index is 13.7. The van der Waals surface area contributed by atoms with Crippen molar-refractivity contribution in [1.29, 1.82) is 0 Å². The van der Waals surface area contributed by atoms with Crippen molar-refractivity contribution in [2.45, 2.75) is 57.9 Å². The van der Waals surface area contributed by atoms with Gasteiger partial charge in [0.1, 0.15) is 0 Å². The highest BCUT2D eigenvalue weighted by Crippen LogP contribution is 2.29. The molecule has 1 unspecified atom stereocenters. The van der Waals surface area contributed by atoms with E-state index in [9.17, 15) is 14.4 Å². The Bertz CT molecular complexity index is 1080. The molecule has 1 aliphatic carbocycles. The number of hydrogen-bond acceptors (Lipinski definition) is 5. The number of amides is 1. The van der Waals surface area contributed by atoms with E-state index in [1.54, 1.807) is 6.08 Å². The van der Waals surface area contributed by atoms with E-state index in [-0.39, 0.29) is 23.7 Å². The lowest BCUT2D eigenvalue weighted by Crippen LogP contribution is -2.36. The van der Waals surface area contributed by atoms with E-state index in [1.807, 2.05) is 41.3 Å². The van der Waals surface area contributed by atoms with Crippen molar-refractivity contribution >= 4 is 29.6 Å². The van der Waals surface area contributed by atoms with Crippen LogP contribution < -0.4 is 4.90 Å². The van der Waals surface area contributed by atoms with Gasteiger partial charge in [0.2, 0.25) is 5.91 Å². The van der Waals surface area contributed by atoms with E-state index < -0.39 is 5.97 Å². The third-order valence-electron chi connectivity index (χ3n) is 7.14. The number of nitrogens with zero attached hydrogens (tertiary/aromatic N) is 1. The number of hydrogen-bond donors (Lipinski definition) is 0. The van der Waals surface area contributed by atoms with E-state index in [0.717, 1.165) is 60.9 Å². The molecular formula is C30H35NO5. The standard InChI is InChI=1S/C30H35NO5/c1-35-28(32)17-16-22-7-5-11-27(20-22)31(29(33)25-8-3-2-4-9-25)21-24-14-12-23(13-15-24)19-26-10-6-18-36-30(26)34/h5,7,11-17,20,25-26H,2-4,6,8-10,18-19,21H2,1H3/b17-16+. The Kier molecular flexibility index (Phi) is 8.93. The van der Waals surface area contributed by atoms with E-state index in [0.29, 0.717) is 19.6 Å². The lowest BCUT2D eigenvalue weighted by atomic mass is 9.88. The molecule has 1 amide bonds. The van der Waals surface area contributed by atoms with Crippen LogP contribution in [0.4, 0.5) is 5.69 Å². The van der Waals surface area contributed by atoms with Crippen LogP contribution in [0.15, 0.2) is 54.6 Å². The molecule has 6 heteroatoms. The highest BCUT2D eigenvalue weighted by Gasteiger charge is 2.28. The Morgan fingerprint density at radius 3 is 2.47 bits per heavy atom. The van der Waals surface area contributed by atoms with Crippen LogP contribution in [0.2, 0.25) is 0 Å². The number of rotatable bonds is 8. The Hall–Kier alpha value is -3.41. The van der Waals surface area contributed by atoms with Gasteiger partial charge in [-0.1, -0.05) is 55.7 Å². The fourth-order valence-corrected chi connectivity index (χ4v) is 5.07. The minimum atomic E-state index is -0.419. The summed E-state index contributed by atoms with van der Waals surface area (Å²) < 4.78 is 9.90. The van der Waals surface area contributed by atoms with Crippen molar-refractivity contribution in [1.82, 2.24) is 0 Å². The van der Waals surface area contributed by atoms with Gasteiger partial charge >= 0.3 is 11.9 Å². The fourth-order valence-electron chi connectivity index (χ4n) is 5.07. The van der Waals surface area contributed by atoms with Crippen LogP contribution in [0.1, 0.15) is 61.6 Å². The summed E-state index contributed by atoms with van der Waals surface area (Å²) in [7, 11) is 1.35. The van der Waals surface area contributed by atoms with Crippen LogP contribution in [0.3, 0.4) is 0 Å². The molecule has 1 aliphatic heterocycles. The molecule has 36 heavy (non-hydrogen) atoms. The number of carbonyl (C=O) groups excluding carboxylic acids is 3. The fraction of sp³-hybridized carbons (Fsp3) is 0.433. The summed E-state index contributed by atoms with van der Waals surface area (Å²) in [6.07, 6.45) is 10.8. The summed E-state index contributed by atoms with van der Waals surface area (Å²) in [5.74, 6) is -0.412. The van der Waals surface area contributed by atoms with Gasteiger partial charge in [0.25, 0.3) is 0 Å². The summed E-state index contributed by atoms with van der Waals surface area (Å²) in [4.78, 5) is 39.1. The molecular weight excluding hydrogens is 454 g/mol. The number of carbonyl (C=O) groups is 3. The average molecular weight is 490 g/mol. The molecule has 2 fully saturated rings. The van der Waals surface area contributed by atoms with Crippen LogP contribution in [0.5, 0.6) is 0 Å². The van der Waals surface area contributed by atoms with Crippen molar-refractivity contribution in [3.05, 3.63) is 71.3 Å². The van der Waals surface area contributed by atoms with Gasteiger partial charge < -0.3 is 14.4 Å². The molecule has 6 nitrogen and oxygen atoms in total. The molecule has 0 aromatic heterocycles. The first-order chi connectivity index (χ1) is 17.5. The van der Waals surface area contributed by atoms with Crippen molar-refractivity contribution in [3.8, 4) is 0 Å². The van der Waals surface area contributed by atoms with Gasteiger partial charge in [-0.15, -0.1) is 0 Å². The van der Waals surface area contributed by atoms with Crippen molar-refractivity contribution < 1.29 is 23.9 Å². The summed E-state index contributed by atoms with van der Waals surface area (Å²) >= 11 is 0. The monoisotopic (exact) mass is 489 g/mol. The van der Waals surface area contributed by atoms with Crippen LogP contribution in [0, 0.1) is 11.8 Å². The van der Waals surface area contributed by atoms with Gasteiger partial charge in [-0.05, 0) is 67.0 Å². The average Bonchev–Trinajstić information content (AvgIpc) is 2.92. The smallest absolute Gasteiger partial charge is 0.330 e. The topological polar surface area (TPSA) is 72.9 Å². The molecule has 4 rings (SSSR count). The number of benzene rings is 2. The molecule has 1 atom stereocenters. The number of cyclic esters (lactones) is 1. The molecule has 190 valence electrons. The third-order valence-corrected chi connectivity index (χ3v) is 7.14. The Morgan fingerprint density at radius 1 is 1.00 bits per heavy atom. The Labute approximate surface area is 213 Å². The predicted octanol–water partition coefficient (Wildman–Crippen LogP) is 5.48. The molecule has 2 aliphatic rings. The molecule has 1 saturated heterocycles. The molecule has 0 N–H and O–H groups in total. The van der Waals surface area contributed by atoms with E-state index in [1.165, 1.54) is 19.6 Å². The SMILES string of the molecule is COC(=O)/C=C/c1cccc(N(Cc2ccc(CC3CCCOC3=O)cc2)C(=O)C2CCCCC2)c1. The van der Waals surface area contributed by atoms with Crippen LogP contribution in [-0.4, -0.2) is 31.6 Å². The zero-order valence-electron chi connectivity index (χ0n) is 21.0. The second-order valence-corrected chi connectivity index (χ2v) is 9.74. The van der Waals surface area contributed by atoms with E-state index >= 15 is 0 Å². The van der Waals surface area contributed by atoms with Crippen molar-refractivity contribution in [3.63, 3.8) is 0 Å². The molecule has 0 radical (unpaired) electrons. The van der Waals surface area contributed by atoms with Crippen molar-refractivity contribution in [2.75, 3.05) is 18.6 Å². The first kappa shape index (κ1) is 25.7. The first-order valence-electron chi connectivity index (χ1n) is 13.0. The molecule has 1 heterocycles. The van der Waals surface area contributed by atoms with E-state index in [4.69, 9.17) is 9.47 Å². The number of esters is 2. The number of ether oxygens (including phenoxy) is 2. The van der Waals surface area contributed by atoms with Gasteiger partial charge in [-0.3, -0.25) is 9.59 Å². The highest BCUT2D eigenvalue weighted by molar-refractivity contribution is 5.95. The van der Waals surface area contributed by atoms with Gasteiger partial charge in [0.05, 0.1) is 26.2 Å². The first-order valence-corrected chi connectivity index (χ1v) is 13.0. The van der Waals surface area contributed by atoms with Gasteiger partial charge in [-0.25, -0.2) is 4.79 Å². The normalized spacial score (nSPS) is 18.6. The van der Waals surface area contributed by atoms with Crippen LogP contribution in [0.25, 0.3) is 6.08 Å². The summed E-state index contributed by atoms with van der Waals surface area (Å²) in [6.45, 7) is 0.990. The molecule has 0 spiro atoms. The zero-order valence-corrected chi connectivity index (χ0v) is 21.0. The van der Waals surface area contributed by atoms with Crippen molar-refractivity contribution in [2.24, 2.45) is 11.8 Å². The number of methoxy groups -OCH3 is 1.